The number of nitrogen functional groups attached to an aromatic ring is 1. The highest BCUT2D eigenvalue weighted by atomic mass is 16.9. The molecule has 1 aromatic rings. The van der Waals surface area contributed by atoms with E-state index in [9.17, 15) is 5.11 Å². The quantitative estimate of drug-likeness (QED) is 0.308. The molecule has 0 bridgehead atoms. The fourth-order valence-electron chi connectivity index (χ4n) is 4.76. The summed E-state index contributed by atoms with van der Waals surface area (Å²) in [6.45, 7) is 18.5. The van der Waals surface area contributed by atoms with Crippen LogP contribution in [0, 0.1) is 0 Å². The third kappa shape index (κ3) is 5.53. The first-order chi connectivity index (χ1) is 15.9. The van der Waals surface area contributed by atoms with Gasteiger partial charge in [0, 0.05) is 43.3 Å². The SMILES string of the molecule is CCOC(C)OC(OCC)(OCC)C(O)(OCC)N1c2cc(C(C)C)c(N)cc2CCC1(C)C. The Labute approximate surface area is 205 Å². The summed E-state index contributed by atoms with van der Waals surface area (Å²) in [5, 5.41) is 12.5. The van der Waals surface area contributed by atoms with Crippen molar-refractivity contribution in [1.82, 2.24) is 0 Å². The van der Waals surface area contributed by atoms with Gasteiger partial charge in [-0.3, -0.25) is 4.74 Å². The number of anilines is 2. The zero-order chi connectivity index (χ0) is 25.7. The first-order valence-electron chi connectivity index (χ1n) is 12.6. The van der Waals surface area contributed by atoms with Crippen molar-refractivity contribution in [2.75, 3.05) is 37.1 Å². The van der Waals surface area contributed by atoms with Crippen molar-refractivity contribution < 1.29 is 28.8 Å². The summed E-state index contributed by atoms with van der Waals surface area (Å²) in [5.74, 6) is -3.91. The lowest BCUT2D eigenvalue weighted by Gasteiger charge is -2.57. The van der Waals surface area contributed by atoms with E-state index in [2.05, 4.69) is 33.8 Å². The molecule has 3 N–H and O–H groups in total. The second-order valence-electron chi connectivity index (χ2n) is 9.52. The molecular weight excluding hydrogens is 436 g/mol. The van der Waals surface area contributed by atoms with Crippen molar-refractivity contribution in [3.05, 3.63) is 23.3 Å². The van der Waals surface area contributed by atoms with E-state index in [0.717, 1.165) is 35.3 Å². The zero-order valence-corrected chi connectivity index (χ0v) is 22.6. The normalized spacial score (nSPS) is 18.6. The maximum atomic E-state index is 12.5. The Kier molecular flexibility index (Phi) is 9.78. The van der Waals surface area contributed by atoms with Gasteiger partial charge in [-0.1, -0.05) is 13.8 Å². The topological polar surface area (TPSA) is 95.6 Å². The van der Waals surface area contributed by atoms with Gasteiger partial charge in [0.05, 0.1) is 0 Å². The van der Waals surface area contributed by atoms with Crippen molar-refractivity contribution in [3.8, 4) is 0 Å². The zero-order valence-electron chi connectivity index (χ0n) is 22.6. The maximum Gasteiger partial charge on any atom is 0.365 e. The van der Waals surface area contributed by atoms with Crippen LogP contribution in [0.5, 0.6) is 0 Å². The van der Waals surface area contributed by atoms with Gasteiger partial charge >= 0.3 is 11.9 Å². The maximum absolute atomic E-state index is 12.5. The second-order valence-corrected chi connectivity index (χ2v) is 9.52. The Morgan fingerprint density at radius 2 is 1.59 bits per heavy atom. The third-order valence-corrected chi connectivity index (χ3v) is 6.20. The van der Waals surface area contributed by atoms with E-state index in [1.54, 1.807) is 6.92 Å². The van der Waals surface area contributed by atoms with E-state index in [0.29, 0.717) is 6.61 Å². The van der Waals surface area contributed by atoms with Gasteiger partial charge in [-0.05, 0) is 90.5 Å². The summed E-state index contributed by atoms with van der Waals surface area (Å²) >= 11 is 0. The highest BCUT2D eigenvalue weighted by Crippen LogP contribution is 2.48. The summed E-state index contributed by atoms with van der Waals surface area (Å²) in [6.07, 6.45) is 0.849. The molecule has 0 saturated heterocycles. The number of nitrogens with zero attached hydrogens (tertiary/aromatic N) is 1. The Balaban J connectivity index is 2.83. The van der Waals surface area contributed by atoms with E-state index in [1.165, 1.54) is 0 Å². The number of ether oxygens (including phenoxy) is 5. The van der Waals surface area contributed by atoms with Crippen molar-refractivity contribution in [2.24, 2.45) is 0 Å². The Morgan fingerprint density at radius 3 is 2.09 bits per heavy atom. The lowest BCUT2D eigenvalue weighted by atomic mass is 9.84. The van der Waals surface area contributed by atoms with Crippen LogP contribution in [-0.4, -0.2) is 55.2 Å². The molecule has 1 heterocycles. The molecule has 0 fully saturated rings. The number of hydrogen-bond donors (Lipinski definition) is 2. The molecule has 0 aliphatic carbocycles. The summed E-state index contributed by atoms with van der Waals surface area (Å²) < 4.78 is 30.3. The summed E-state index contributed by atoms with van der Waals surface area (Å²) in [5.41, 5.74) is 9.47. The molecule has 2 rings (SSSR count). The van der Waals surface area contributed by atoms with E-state index < -0.39 is 23.7 Å². The molecule has 1 aliphatic heterocycles. The number of nitrogens with two attached hydrogens (primary N) is 1. The minimum Gasteiger partial charge on any atom is -0.398 e. The Morgan fingerprint density at radius 1 is 1.00 bits per heavy atom. The molecule has 1 aliphatic rings. The standard InChI is InChI=1S/C26H46N2O6/c1-10-30-19(7)34-26(32-12-3,33-13-4)25(29,31-11-2)28-23-17-21(18(5)6)22(27)16-20(23)14-15-24(28,8)9/h16-19,29H,10-15,27H2,1-9H3. The van der Waals surface area contributed by atoms with Crippen molar-refractivity contribution >= 4 is 11.4 Å². The van der Waals surface area contributed by atoms with Gasteiger partial charge in [-0.2, -0.15) is 0 Å². The fraction of sp³-hybridized carbons (Fsp3) is 0.769. The number of hydrogen-bond acceptors (Lipinski definition) is 8. The highest BCUT2D eigenvalue weighted by molar-refractivity contribution is 5.67. The molecule has 1 aromatic carbocycles. The highest BCUT2D eigenvalue weighted by Gasteiger charge is 2.65. The monoisotopic (exact) mass is 482 g/mol. The molecule has 2 atom stereocenters. The number of rotatable bonds is 13. The fourth-order valence-corrected chi connectivity index (χ4v) is 4.76. The van der Waals surface area contributed by atoms with Crippen LogP contribution < -0.4 is 10.6 Å². The average molecular weight is 483 g/mol. The van der Waals surface area contributed by atoms with Crippen molar-refractivity contribution in [1.29, 1.82) is 0 Å². The van der Waals surface area contributed by atoms with Gasteiger partial charge < -0.3 is 34.7 Å². The van der Waals surface area contributed by atoms with Crippen LogP contribution in [0.15, 0.2) is 12.1 Å². The largest absolute Gasteiger partial charge is 0.398 e. The van der Waals surface area contributed by atoms with Crippen LogP contribution in [0.1, 0.15) is 85.8 Å². The van der Waals surface area contributed by atoms with Gasteiger partial charge in [-0.15, -0.1) is 0 Å². The van der Waals surface area contributed by atoms with E-state index in [1.807, 2.05) is 38.7 Å². The molecule has 34 heavy (non-hydrogen) atoms. The molecule has 0 saturated carbocycles. The molecule has 8 heteroatoms. The molecule has 0 radical (unpaired) electrons. The third-order valence-electron chi connectivity index (χ3n) is 6.20. The minimum atomic E-state index is -2.14. The molecule has 196 valence electrons. The van der Waals surface area contributed by atoms with Crippen LogP contribution in [0.3, 0.4) is 0 Å². The smallest absolute Gasteiger partial charge is 0.365 e. The van der Waals surface area contributed by atoms with E-state index >= 15 is 0 Å². The van der Waals surface area contributed by atoms with Gasteiger partial charge in [0.25, 0.3) is 0 Å². The molecule has 2 unspecified atom stereocenters. The van der Waals surface area contributed by atoms with Gasteiger partial charge in [0.1, 0.15) is 0 Å². The average Bonchev–Trinajstić information content (AvgIpc) is 2.73. The van der Waals surface area contributed by atoms with E-state index in [-0.39, 0.29) is 25.7 Å². The van der Waals surface area contributed by atoms with E-state index in [4.69, 9.17) is 29.4 Å². The molecule has 0 spiro atoms. The molecule has 0 aromatic heterocycles. The predicted molar refractivity (Wildman–Crippen MR) is 135 cm³/mol. The second kappa shape index (κ2) is 11.5. The number of aryl methyl sites for hydroxylation is 1. The van der Waals surface area contributed by atoms with Crippen molar-refractivity contribution in [2.45, 2.75) is 105 Å². The molecule has 8 nitrogen and oxygen atoms in total. The predicted octanol–water partition coefficient (Wildman–Crippen LogP) is 4.73. The summed E-state index contributed by atoms with van der Waals surface area (Å²) in [7, 11) is 0. The van der Waals surface area contributed by atoms with Gasteiger partial charge in [0.15, 0.2) is 6.29 Å². The van der Waals surface area contributed by atoms with Crippen LogP contribution in [0.25, 0.3) is 0 Å². The van der Waals surface area contributed by atoms with Gasteiger partial charge in [-0.25, -0.2) is 0 Å². The first kappa shape index (κ1) is 28.8. The van der Waals surface area contributed by atoms with Crippen LogP contribution in [0.4, 0.5) is 11.4 Å². The van der Waals surface area contributed by atoms with Crippen molar-refractivity contribution in [3.63, 3.8) is 0 Å². The van der Waals surface area contributed by atoms with Crippen LogP contribution in [0.2, 0.25) is 0 Å². The molecular formula is C26H46N2O6. The van der Waals surface area contributed by atoms with Crippen LogP contribution in [-0.2, 0) is 30.1 Å². The number of aliphatic hydroxyl groups is 1. The molecule has 0 amide bonds. The van der Waals surface area contributed by atoms with Gasteiger partial charge in [0.2, 0.25) is 0 Å². The minimum absolute atomic E-state index is 0.193. The summed E-state index contributed by atoms with van der Waals surface area (Å²) in [6, 6.07) is 4.06. The summed E-state index contributed by atoms with van der Waals surface area (Å²) in [4.78, 5) is 1.84. The lowest BCUT2D eigenvalue weighted by molar-refractivity contribution is -0.510. The number of benzene rings is 1. The Bertz CT molecular complexity index is 794. The lowest BCUT2D eigenvalue weighted by Crippen LogP contribution is -2.75. The Hall–Kier alpha value is -1.42. The van der Waals surface area contributed by atoms with Crippen LogP contribution >= 0.6 is 0 Å². The number of fused-ring (bicyclic) bond motifs is 1. The first-order valence-corrected chi connectivity index (χ1v) is 12.6.